The number of nitrogens with two attached hydrogens (primary N) is 1. The van der Waals surface area contributed by atoms with E-state index in [2.05, 4.69) is 15.4 Å². The minimum atomic E-state index is -0.509. The van der Waals surface area contributed by atoms with Crippen molar-refractivity contribution >= 4 is 11.6 Å². The molecule has 0 radical (unpaired) electrons. The Hall–Kier alpha value is -2.44. The topological polar surface area (TPSA) is 95.2 Å². The van der Waals surface area contributed by atoms with Crippen molar-refractivity contribution in [3.05, 3.63) is 35.5 Å². The van der Waals surface area contributed by atoms with Gasteiger partial charge in [-0.1, -0.05) is 18.2 Å². The Balaban J connectivity index is 2.42. The molecule has 0 bridgehead atoms. The molecule has 0 aliphatic rings. The first kappa shape index (κ1) is 13.0. The second kappa shape index (κ2) is 4.68. The van der Waals surface area contributed by atoms with E-state index >= 15 is 0 Å². The Bertz CT molecular complexity index is 596. The van der Waals surface area contributed by atoms with Gasteiger partial charge in [0, 0.05) is 0 Å². The maximum Gasteiger partial charge on any atom is 0.418 e. The van der Waals surface area contributed by atoms with Crippen molar-refractivity contribution in [2.24, 2.45) is 5.11 Å². The fraction of sp³-hybridized carbons (Fsp3) is 0.333. The van der Waals surface area contributed by atoms with Crippen LogP contribution in [0.3, 0.4) is 0 Å². The van der Waals surface area contributed by atoms with E-state index in [1.807, 2.05) is 51.1 Å². The van der Waals surface area contributed by atoms with Gasteiger partial charge in [-0.2, -0.15) is 4.68 Å². The third kappa shape index (κ3) is 2.87. The lowest BCUT2D eigenvalue weighted by Crippen LogP contribution is -2.13. The zero-order chi connectivity index (χ0) is 14.0. The van der Waals surface area contributed by atoms with Gasteiger partial charge in [-0.05, 0) is 32.9 Å². The lowest BCUT2D eigenvalue weighted by Gasteiger charge is -2.12. The predicted octanol–water partition coefficient (Wildman–Crippen LogP) is 2.24. The van der Waals surface area contributed by atoms with E-state index in [1.54, 1.807) is 0 Å². The maximum absolute atomic E-state index is 11.9. The Morgan fingerprint density at radius 1 is 1.26 bits per heavy atom. The average molecular weight is 260 g/mol. The van der Waals surface area contributed by atoms with E-state index in [0.29, 0.717) is 4.86 Å². The number of nitrogen functional groups attached to an aromatic ring is 1. The van der Waals surface area contributed by atoms with E-state index < -0.39 is 5.54 Å². The molecule has 0 fully saturated rings. The molecule has 100 valence electrons. The van der Waals surface area contributed by atoms with Gasteiger partial charge in [-0.15, -0.1) is 9.97 Å². The third-order valence-electron chi connectivity index (χ3n) is 2.26. The van der Waals surface area contributed by atoms with Crippen molar-refractivity contribution in [3.8, 4) is 5.69 Å². The highest BCUT2D eigenvalue weighted by molar-refractivity contribution is 5.51. The highest BCUT2D eigenvalue weighted by Gasteiger charge is 2.22. The molecule has 0 saturated heterocycles. The van der Waals surface area contributed by atoms with E-state index in [1.165, 1.54) is 4.68 Å². The predicted molar refractivity (Wildman–Crippen MR) is 71.2 cm³/mol. The van der Waals surface area contributed by atoms with Gasteiger partial charge in [0.25, 0.3) is 0 Å². The van der Waals surface area contributed by atoms with Gasteiger partial charge in [0.2, 0.25) is 5.82 Å². The van der Waals surface area contributed by atoms with Crippen LogP contribution in [0, 0.1) is 5.21 Å². The van der Waals surface area contributed by atoms with Crippen LogP contribution in [-0.2, 0) is 0 Å². The van der Waals surface area contributed by atoms with E-state index in [4.69, 9.17) is 5.73 Å². The molecule has 0 aliphatic carbocycles. The molecule has 7 heteroatoms. The summed E-state index contributed by atoms with van der Waals surface area (Å²) in [7, 11) is 0. The summed E-state index contributed by atoms with van der Waals surface area (Å²) in [5.41, 5.74) is 6.12. The normalized spacial score (nSPS) is 12.7. The first-order chi connectivity index (χ1) is 8.88. The van der Waals surface area contributed by atoms with Crippen LogP contribution in [-0.4, -0.2) is 25.4 Å². The monoisotopic (exact) mass is 260 g/mol. The van der Waals surface area contributed by atoms with Crippen molar-refractivity contribution in [2.75, 3.05) is 5.73 Å². The van der Waals surface area contributed by atoms with Crippen LogP contribution >= 0.6 is 0 Å². The molecular formula is C12H16N6O. The number of benzene rings is 1. The van der Waals surface area contributed by atoms with Gasteiger partial charge in [-0.25, -0.2) is 0 Å². The van der Waals surface area contributed by atoms with Crippen LogP contribution in [0.5, 0.6) is 0 Å². The number of azo groups is 1. The smallest absolute Gasteiger partial charge is 0.418 e. The van der Waals surface area contributed by atoms with Gasteiger partial charge in [0.15, 0.2) is 0 Å². The molecule has 0 amide bonds. The second-order valence-electron chi connectivity index (χ2n) is 5.09. The van der Waals surface area contributed by atoms with E-state index in [9.17, 15) is 5.21 Å². The number of hydrogen-bond acceptors (Lipinski definition) is 5. The van der Waals surface area contributed by atoms with Crippen molar-refractivity contribution in [1.82, 2.24) is 15.0 Å². The molecule has 1 heterocycles. The van der Waals surface area contributed by atoms with Gasteiger partial charge in [0.1, 0.15) is 5.10 Å². The third-order valence-corrected chi connectivity index (χ3v) is 2.26. The zero-order valence-corrected chi connectivity index (χ0v) is 11.1. The minimum absolute atomic E-state index is 0.00113. The standard InChI is InChI=1S/C12H16N6O/c1-12(2,3)15-18(19)11-10(13)17(16-14-11)9-7-5-4-6-8-9/h4-8H,13H2,1-3H3. The summed E-state index contributed by atoms with van der Waals surface area (Å²) in [6, 6.07) is 9.23. The molecule has 2 aromatic rings. The lowest BCUT2D eigenvalue weighted by atomic mass is 10.1. The Morgan fingerprint density at radius 3 is 2.47 bits per heavy atom. The average Bonchev–Trinajstić information content (AvgIpc) is 2.70. The minimum Gasteiger partial charge on any atom is -0.691 e. The Morgan fingerprint density at radius 2 is 1.89 bits per heavy atom. The lowest BCUT2D eigenvalue weighted by molar-refractivity contribution is -0.452. The number of aromatic nitrogens is 3. The van der Waals surface area contributed by atoms with Crippen molar-refractivity contribution in [3.63, 3.8) is 0 Å². The molecule has 7 nitrogen and oxygen atoms in total. The molecule has 19 heavy (non-hydrogen) atoms. The zero-order valence-electron chi connectivity index (χ0n) is 11.1. The van der Waals surface area contributed by atoms with Crippen molar-refractivity contribution < 1.29 is 4.86 Å². The Kier molecular flexibility index (Phi) is 3.20. The highest BCUT2D eigenvalue weighted by atomic mass is 16.5. The summed E-state index contributed by atoms with van der Waals surface area (Å²) in [6.45, 7) is 5.45. The van der Waals surface area contributed by atoms with Crippen LogP contribution < -0.4 is 5.73 Å². The highest BCUT2D eigenvalue weighted by Crippen LogP contribution is 2.22. The first-order valence-corrected chi connectivity index (χ1v) is 5.85. The van der Waals surface area contributed by atoms with Crippen molar-refractivity contribution in [2.45, 2.75) is 26.3 Å². The molecule has 0 unspecified atom stereocenters. The number of hydrogen-bond donors (Lipinski definition) is 1. The van der Waals surface area contributed by atoms with Crippen LogP contribution in [0.2, 0.25) is 0 Å². The fourth-order valence-electron chi connectivity index (χ4n) is 1.50. The molecule has 0 spiro atoms. The summed E-state index contributed by atoms with van der Waals surface area (Å²) < 4.78 is 1.40. The second-order valence-corrected chi connectivity index (χ2v) is 5.09. The maximum atomic E-state index is 11.9. The summed E-state index contributed by atoms with van der Waals surface area (Å²) >= 11 is 0. The summed E-state index contributed by atoms with van der Waals surface area (Å²) in [5, 5.41) is 23.5. The largest absolute Gasteiger partial charge is 0.691 e. The van der Waals surface area contributed by atoms with E-state index in [-0.39, 0.29) is 11.6 Å². The van der Waals surface area contributed by atoms with Gasteiger partial charge >= 0.3 is 5.82 Å². The quantitative estimate of drug-likeness (QED) is 0.509. The summed E-state index contributed by atoms with van der Waals surface area (Å²) in [5.74, 6) is 0.160. The molecule has 2 rings (SSSR count). The molecule has 0 aliphatic heterocycles. The molecule has 1 aromatic carbocycles. The van der Waals surface area contributed by atoms with Crippen LogP contribution in [0.4, 0.5) is 11.6 Å². The van der Waals surface area contributed by atoms with Crippen LogP contribution in [0.1, 0.15) is 20.8 Å². The number of anilines is 1. The van der Waals surface area contributed by atoms with Crippen LogP contribution in [0.15, 0.2) is 35.4 Å². The van der Waals surface area contributed by atoms with Gasteiger partial charge < -0.3 is 10.9 Å². The molecular weight excluding hydrogens is 244 g/mol. The Labute approximate surface area is 110 Å². The summed E-state index contributed by atoms with van der Waals surface area (Å²) in [4.78, 5) is 0.418. The van der Waals surface area contributed by atoms with Gasteiger partial charge in [-0.3, -0.25) is 0 Å². The van der Waals surface area contributed by atoms with Crippen molar-refractivity contribution in [1.29, 1.82) is 0 Å². The molecule has 2 N–H and O–H groups in total. The number of para-hydroxylation sites is 1. The van der Waals surface area contributed by atoms with Gasteiger partial charge in [0.05, 0.1) is 16.4 Å². The molecule has 1 aromatic heterocycles. The number of rotatable bonds is 2. The van der Waals surface area contributed by atoms with E-state index in [0.717, 1.165) is 5.69 Å². The number of nitrogens with zero attached hydrogens (tertiary/aromatic N) is 5. The molecule has 0 atom stereocenters. The SMILES string of the molecule is CC(C)(C)N=[N+]([O-])c1nnn(-c2ccccc2)c1N. The summed E-state index contributed by atoms with van der Waals surface area (Å²) in [6.07, 6.45) is 0. The molecule has 0 saturated carbocycles. The fourth-order valence-corrected chi connectivity index (χ4v) is 1.50. The van der Waals surface area contributed by atoms with Crippen LogP contribution in [0.25, 0.3) is 5.69 Å². The first-order valence-electron chi connectivity index (χ1n) is 5.85.